The van der Waals surface area contributed by atoms with Gasteiger partial charge in [0, 0.05) is 16.6 Å². The standard InChI is InChI=1S/C13H13N3O3S/c1-19-11(17)6-10-7-20-13(16-10)15-9-4-2-3-8(5-9)12(14)18/h2-5,7H,6H2,1H3,(H2,14,18)(H,15,16). The van der Waals surface area contributed by atoms with Crippen LogP contribution in [0.15, 0.2) is 29.6 Å². The molecule has 0 saturated heterocycles. The van der Waals surface area contributed by atoms with Gasteiger partial charge < -0.3 is 15.8 Å². The molecule has 0 radical (unpaired) electrons. The normalized spacial score (nSPS) is 10.1. The maximum atomic E-state index is 11.1. The smallest absolute Gasteiger partial charge is 0.311 e. The highest BCUT2D eigenvalue weighted by molar-refractivity contribution is 7.13. The number of nitrogens with two attached hydrogens (primary N) is 1. The van der Waals surface area contributed by atoms with Gasteiger partial charge in [-0.3, -0.25) is 9.59 Å². The van der Waals surface area contributed by atoms with Gasteiger partial charge in [0.1, 0.15) is 0 Å². The number of carbonyl (C=O) groups is 2. The number of hydrogen-bond acceptors (Lipinski definition) is 6. The number of benzene rings is 1. The van der Waals surface area contributed by atoms with E-state index in [0.29, 0.717) is 22.1 Å². The maximum Gasteiger partial charge on any atom is 0.311 e. The van der Waals surface area contributed by atoms with Crippen LogP contribution in [0.25, 0.3) is 0 Å². The summed E-state index contributed by atoms with van der Waals surface area (Å²) in [5.41, 5.74) is 6.98. The Bertz CT molecular complexity index is 639. The highest BCUT2D eigenvalue weighted by Gasteiger charge is 2.08. The molecule has 0 unspecified atom stereocenters. The summed E-state index contributed by atoms with van der Waals surface area (Å²) in [5, 5.41) is 5.46. The minimum absolute atomic E-state index is 0.135. The average Bonchev–Trinajstić information content (AvgIpc) is 2.86. The Morgan fingerprint density at radius 3 is 2.95 bits per heavy atom. The number of carbonyl (C=O) groups excluding carboxylic acids is 2. The van der Waals surface area contributed by atoms with Crippen LogP contribution in [0.3, 0.4) is 0 Å². The molecule has 3 N–H and O–H groups in total. The molecule has 20 heavy (non-hydrogen) atoms. The number of esters is 1. The molecule has 0 aliphatic heterocycles. The molecule has 1 aromatic heterocycles. The van der Waals surface area contributed by atoms with Crippen LogP contribution in [0, 0.1) is 0 Å². The van der Waals surface area contributed by atoms with Crippen LogP contribution in [-0.4, -0.2) is 24.0 Å². The lowest BCUT2D eigenvalue weighted by Crippen LogP contribution is -2.10. The molecule has 1 amide bonds. The fraction of sp³-hybridized carbons (Fsp3) is 0.154. The second kappa shape index (κ2) is 6.16. The van der Waals surface area contributed by atoms with Gasteiger partial charge in [-0.05, 0) is 18.2 Å². The summed E-state index contributed by atoms with van der Waals surface area (Å²) < 4.78 is 4.58. The molecule has 0 saturated carbocycles. The SMILES string of the molecule is COC(=O)Cc1csc(Nc2cccc(C(N)=O)c2)n1. The molecule has 104 valence electrons. The summed E-state index contributed by atoms with van der Waals surface area (Å²) in [6.07, 6.45) is 0.135. The topological polar surface area (TPSA) is 94.3 Å². The molecule has 6 nitrogen and oxygen atoms in total. The summed E-state index contributed by atoms with van der Waals surface area (Å²) in [7, 11) is 1.34. The van der Waals surface area contributed by atoms with Gasteiger partial charge in [0.2, 0.25) is 5.91 Å². The van der Waals surface area contributed by atoms with E-state index in [-0.39, 0.29) is 12.4 Å². The van der Waals surface area contributed by atoms with E-state index in [0.717, 1.165) is 0 Å². The predicted molar refractivity (Wildman–Crippen MR) is 76.1 cm³/mol. The van der Waals surface area contributed by atoms with Gasteiger partial charge in [-0.15, -0.1) is 11.3 Å². The highest BCUT2D eigenvalue weighted by Crippen LogP contribution is 2.22. The third kappa shape index (κ3) is 3.55. The molecule has 7 heteroatoms. The first-order valence-electron chi connectivity index (χ1n) is 5.76. The van der Waals surface area contributed by atoms with E-state index < -0.39 is 5.91 Å². The number of ether oxygens (including phenoxy) is 1. The predicted octanol–water partition coefficient (Wildman–Crippen LogP) is 1.70. The molecular weight excluding hydrogens is 278 g/mol. The van der Waals surface area contributed by atoms with Crippen molar-refractivity contribution in [3.05, 3.63) is 40.9 Å². The van der Waals surface area contributed by atoms with Crippen molar-refractivity contribution in [2.24, 2.45) is 5.73 Å². The Kier molecular flexibility index (Phi) is 4.31. The lowest BCUT2D eigenvalue weighted by atomic mass is 10.2. The van der Waals surface area contributed by atoms with Gasteiger partial charge in [-0.2, -0.15) is 0 Å². The second-order valence-electron chi connectivity index (χ2n) is 3.97. The maximum absolute atomic E-state index is 11.1. The van der Waals surface area contributed by atoms with Gasteiger partial charge in [0.05, 0.1) is 19.2 Å². The van der Waals surface area contributed by atoms with Crippen LogP contribution in [0.1, 0.15) is 16.1 Å². The summed E-state index contributed by atoms with van der Waals surface area (Å²) >= 11 is 1.36. The molecule has 0 aliphatic carbocycles. The monoisotopic (exact) mass is 291 g/mol. The van der Waals surface area contributed by atoms with Gasteiger partial charge in [0.25, 0.3) is 0 Å². The van der Waals surface area contributed by atoms with E-state index in [4.69, 9.17) is 5.73 Å². The molecule has 0 aliphatic rings. The zero-order chi connectivity index (χ0) is 14.5. The fourth-order valence-electron chi connectivity index (χ4n) is 1.54. The second-order valence-corrected chi connectivity index (χ2v) is 4.83. The number of hydrogen-bond donors (Lipinski definition) is 2. The van der Waals surface area contributed by atoms with Crippen LogP contribution in [0.5, 0.6) is 0 Å². The number of primary amides is 1. The van der Waals surface area contributed by atoms with Crippen molar-refractivity contribution in [3.63, 3.8) is 0 Å². The third-order valence-electron chi connectivity index (χ3n) is 2.50. The molecule has 2 rings (SSSR count). The minimum atomic E-state index is -0.487. The van der Waals surface area contributed by atoms with E-state index in [9.17, 15) is 9.59 Å². The molecule has 0 spiro atoms. The zero-order valence-corrected chi connectivity index (χ0v) is 11.6. The van der Waals surface area contributed by atoms with Crippen LogP contribution in [0.4, 0.5) is 10.8 Å². The summed E-state index contributed by atoms with van der Waals surface area (Å²) in [6.45, 7) is 0. The van der Waals surface area contributed by atoms with Crippen molar-refractivity contribution in [2.75, 3.05) is 12.4 Å². The van der Waals surface area contributed by atoms with Crippen LogP contribution in [-0.2, 0) is 16.0 Å². The number of thiazole rings is 1. The lowest BCUT2D eigenvalue weighted by Gasteiger charge is -2.03. The van der Waals surface area contributed by atoms with E-state index in [2.05, 4.69) is 15.0 Å². The minimum Gasteiger partial charge on any atom is -0.469 e. The average molecular weight is 291 g/mol. The molecular formula is C13H13N3O3S. The first-order valence-corrected chi connectivity index (χ1v) is 6.64. The third-order valence-corrected chi connectivity index (χ3v) is 3.31. The van der Waals surface area contributed by atoms with E-state index in [1.807, 2.05) is 0 Å². The summed E-state index contributed by atoms with van der Waals surface area (Å²) in [6, 6.07) is 6.81. The molecule has 0 atom stereocenters. The Morgan fingerprint density at radius 1 is 1.45 bits per heavy atom. The number of methoxy groups -OCH3 is 1. The quantitative estimate of drug-likeness (QED) is 0.818. The fourth-order valence-corrected chi connectivity index (χ4v) is 2.27. The summed E-state index contributed by atoms with van der Waals surface area (Å²) in [4.78, 5) is 26.5. The first kappa shape index (κ1) is 14.0. The lowest BCUT2D eigenvalue weighted by molar-refractivity contribution is -0.139. The molecule has 1 heterocycles. The molecule has 0 fully saturated rings. The number of amides is 1. The van der Waals surface area contributed by atoms with Crippen molar-refractivity contribution in [1.29, 1.82) is 0 Å². The van der Waals surface area contributed by atoms with Crippen molar-refractivity contribution < 1.29 is 14.3 Å². The summed E-state index contributed by atoms with van der Waals surface area (Å²) in [5.74, 6) is -0.822. The zero-order valence-electron chi connectivity index (χ0n) is 10.8. The Labute approximate surface area is 119 Å². The largest absolute Gasteiger partial charge is 0.469 e. The van der Waals surface area contributed by atoms with E-state index in [1.165, 1.54) is 18.4 Å². The molecule has 2 aromatic rings. The Hall–Kier alpha value is -2.41. The van der Waals surface area contributed by atoms with Gasteiger partial charge in [-0.1, -0.05) is 6.07 Å². The van der Waals surface area contributed by atoms with Crippen LogP contribution < -0.4 is 11.1 Å². The highest BCUT2D eigenvalue weighted by atomic mass is 32.1. The number of nitrogens with one attached hydrogen (secondary N) is 1. The van der Waals surface area contributed by atoms with E-state index >= 15 is 0 Å². The molecule has 0 bridgehead atoms. The number of aromatic nitrogens is 1. The van der Waals surface area contributed by atoms with Crippen LogP contribution in [0.2, 0.25) is 0 Å². The number of rotatable bonds is 5. The van der Waals surface area contributed by atoms with Gasteiger partial charge in [-0.25, -0.2) is 4.98 Å². The van der Waals surface area contributed by atoms with Crippen molar-refractivity contribution >= 4 is 34.0 Å². The Balaban J connectivity index is 2.08. The first-order chi connectivity index (χ1) is 9.58. The van der Waals surface area contributed by atoms with Gasteiger partial charge in [0.15, 0.2) is 5.13 Å². The number of anilines is 2. The van der Waals surface area contributed by atoms with E-state index in [1.54, 1.807) is 29.6 Å². The van der Waals surface area contributed by atoms with Crippen molar-refractivity contribution in [2.45, 2.75) is 6.42 Å². The van der Waals surface area contributed by atoms with Crippen molar-refractivity contribution in [1.82, 2.24) is 4.98 Å². The van der Waals surface area contributed by atoms with Gasteiger partial charge >= 0.3 is 5.97 Å². The van der Waals surface area contributed by atoms with Crippen molar-refractivity contribution in [3.8, 4) is 0 Å². The van der Waals surface area contributed by atoms with Crippen LogP contribution >= 0.6 is 11.3 Å². The Morgan fingerprint density at radius 2 is 2.25 bits per heavy atom. The number of nitrogens with zero attached hydrogens (tertiary/aromatic N) is 1. The molecule has 1 aromatic carbocycles.